The lowest BCUT2D eigenvalue weighted by molar-refractivity contribution is -0.165. The Morgan fingerprint density at radius 1 is 1.27 bits per heavy atom. The lowest BCUT2D eigenvalue weighted by Crippen LogP contribution is -2.50. The van der Waals surface area contributed by atoms with Crippen molar-refractivity contribution in [3.05, 3.63) is 34.3 Å². The fraction of sp³-hybridized carbons (Fsp3) is 0.538. The smallest absolute Gasteiger partial charge is 0.259 e. The second kappa shape index (κ2) is 11.6. The summed E-state index contributed by atoms with van der Waals surface area (Å²) in [6.07, 6.45) is 4.74. The van der Waals surface area contributed by atoms with Crippen LogP contribution in [-0.4, -0.2) is 61.0 Å². The zero-order valence-electron chi connectivity index (χ0n) is 21.4. The van der Waals surface area contributed by atoms with Crippen LogP contribution >= 0.6 is 11.6 Å². The van der Waals surface area contributed by atoms with Gasteiger partial charge in [0.05, 0.1) is 24.3 Å². The minimum absolute atomic E-state index is 0.101. The van der Waals surface area contributed by atoms with Crippen molar-refractivity contribution in [3.63, 3.8) is 0 Å². The lowest BCUT2D eigenvalue weighted by Gasteiger charge is -2.38. The maximum atomic E-state index is 12.5. The molecule has 1 aromatic heterocycles. The number of aryl methyl sites for hydroxylation is 1. The van der Waals surface area contributed by atoms with Gasteiger partial charge in [-0.1, -0.05) is 23.7 Å². The van der Waals surface area contributed by atoms with Gasteiger partial charge in [0.25, 0.3) is 5.89 Å². The third-order valence-electron chi connectivity index (χ3n) is 6.54. The minimum atomic E-state index is -1.57. The molecule has 1 fully saturated rings. The number of carbonyl (C=O) groups excluding carboxylic acids is 2. The summed E-state index contributed by atoms with van der Waals surface area (Å²) in [5.74, 6) is 0.623. The van der Waals surface area contributed by atoms with Crippen LogP contribution in [0.5, 0.6) is 11.5 Å². The van der Waals surface area contributed by atoms with E-state index >= 15 is 0 Å². The molecule has 0 amide bonds. The number of aldehydes is 1. The van der Waals surface area contributed by atoms with Crippen LogP contribution < -0.4 is 9.47 Å². The SMILES string of the molecule is COC1=CC(=O)C[C@@H](C)[C@]1(C=O)Oc1c(C)c(OCCOC2CCCCO2)cc(-c2nc(C)no2)c1Cl. The molecule has 1 unspecified atom stereocenters. The van der Waals surface area contributed by atoms with Gasteiger partial charge < -0.3 is 28.2 Å². The summed E-state index contributed by atoms with van der Waals surface area (Å²) in [5.41, 5.74) is -0.656. The summed E-state index contributed by atoms with van der Waals surface area (Å²) >= 11 is 6.81. The second-order valence-corrected chi connectivity index (χ2v) is 9.53. The molecule has 0 spiro atoms. The number of rotatable bonds is 10. The van der Waals surface area contributed by atoms with E-state index in [1.54, 1.807) is 26.8 Å². The molecule has 0 bridgehead atoms. The van der Waals surface area contributed by atoms with Crippen molar-refractivity contribution < 1.29 is 37.8 Å². The molecule has 2 aliphatic rings. The van der Waals surface area contributed by atoms with Gasteiger partial charge in [0.15, 0.2) is 29.9 Å². The Kier molecular flexibility index (Phi) is 8.51. The number of methoxy groups -OCH3 is 1. The molecule has 1 aromatic carbocycles. The molecule has 11 heteroatoms. The summed E-state index contributed by atoms with van der Waals surface area (Å²) in [7, 11) is 1.38. The molecule has 2 heterocycles. The number of halogens is 1. The zero-order valence-corrected chi connectivity index (χ0v) is 22.1. The van der Waals surface area contributed by atoms with E-state index in [4.69, 9.17) is 39.8 Å². The third kappa shape index (κ3) is 5.66. The molecule has 2 aromatic rings. The predicted octanol–water partition coefficient (Wildman–Crippen LogP) is 4.38. The van der Waals surface area contributed by atoms with Gasteiger partial charge in [0, 0.05) is 30.6 Å². The number of ether oxygens (including phenoxy) is 5. The Balaban J connectivity index is 1.68. The molecular weight excluding hydrogens is 504 g/mol. The van der Waals surface area contributed by atoms with E-state index in [1.165, 1.54) is 13.2 Å². The van der Waals surface area contributed by atoms with Gasteiger partial charge >= 0.3 is 0 Å². The third-order valence-corrected chi connectivity index (χ3v) is 6.92. The van der Waals surface area contributed by atoms with Gasteiger partial charge in [-0.3, -0.25) is 9.59 Å². The van der Waals surface area contributed by atoms with E-state index in [-0.39, 0.29) is 47.5 Å². The van der Waals surface area contributed by atoms with Crippen LogP contribution in [-0.2, 0) is 23.8 Å². The first-order chi connectivity index (χ1) is 17.8. The Bertz CT molecular complexity index is 1170. The highest BCUT2D eigenvalue weighted by Gasteiger charge is 2.48. The van der Waals surface area contributed by atoms with Crippen LogP contribution in [0, 0.1) is 19.8 Å². The number of ketones is 1. The normalized spacial score (nSPS) is 23.9. The zero-order chi connectivity index (χ0) is 26.6. The van der Waals surface area contributed by atoms with Crippen LogP contribution in [0.3, 0.4) is 0 Å². The van der Waals surface area contributed by atoms with Gasteiger partial charge in [-0.05, 0) is 39.2 Å². The Morgan fingerprint density at radius 3 is 2.73 bits per heavy atom. The van der Waals surface area contributed by atoms with E-state index in [9.17, 15) is 9.59 Å². The first-order valence-electron chi connectivity index (χ1n) is 12.2. The van der Waals surface area contributed by atoms with Crippen molar-refractivity contribution in [2.24, 2.45) is 5.92 Å². The van der Waals surface area contributed by atoms with Crippen LogP contribution in [0.2, 0.25) is 5.02 Å². The van der Waals surface area contributed by atoms with Gasteiger partial charge in [0.1, 0.15) is 18.1 Å². The maximum absolute atomic E-state index is 12.5. The first-order valence-corrected chi connectivity index (χ1v) is 12.6. The Morgan fingerprint density at radius 2 is 2.08 bits per heavy atom. The van der Waals surface area contributed by atoms with Crippen LogP contribution in [0.15, 0.2) is 22.4 Å². The number of aromatic nitrogens is 2. The summed E-state index contributed by atoms with van der Waals surface area (Å²) in [5, 5.41) is 4.01. The standard InChI is InChI=1S/C26H31ClN2O8/c1-15-11-18(31)12-21(32-4)26(15,14-30)36-24-16(2)20(33-9-10-35-22-7-5-6-8-34-22)13-19(23(24)27)25-28-17(3)29-37-25/h12-15,22H,5-11H2,1-4H3/t15-,22?,26+/m1/s1. The van der Waals surface area contributed by atoms with Crippen LogP contribution in [0.1, 0.15) is 44.0 Å². The number of nitrogens with zero attached hydrogens (tertiary/aromatic N) is 2. The number of carbonyl (C=O) groups is 2. The number of benzene rings is 1. The lowest BCUT2D eigenvalue weighted by atomic mass is 9.79. The second-order valence-electron chi connectivity index (χ2n) is 9.15. The molecule has 200 valence electrons. The molecular formula is C26H31ClN2O8. The molecule has 0 saturated carbocycles. The van der Waals surface area contributed by atoms with E-state index in [0.717, 1.165) is 19.3 Å². The van der Waals surface area contributed by atoms with Gasteiger partial charge in [-0.15, -0.1) is 0 Å². The van der Waals surface area contributed by atoms with E-state index in [1.807, 2.05) is 0 Å². The molecule has 3 atom stereocenters. The van der Waals surface area contributed by atoms with Crippen molar-refractivity contribution in [3.8, 4) is 23.0 Å². The van der Waals surface area contributed by atoms with E-state index in [2.05, 4.69) is 10.1 Å². The fourth-order valence-corrected chi connectivity index (χ4v) is 4.78. The average molecular weight is 535 g/mol. The predicted molar refractivity (Wildman–Crippen MR) is 133 cm³/mol. The quantitative estimate of drug-likeness (QED) is 0.320. The molecule has 1 aliphatic heterocycles. The monoisotopic (exact) mass is 534 g/mol. The average Bonchev–Trinajstić information content (AvgIpc) is 3.33. The fourth-order valence-electron chi connectivity index (χ4n) is 4.46. The molecule has 1 saturated heterocycles. The summed E-state index contributed by atoms with van der Waals surface area (Å²) < 4.78 is 34.6. The van der Waals surface area contributed by atoms with Crippen molar-refractivity contribution in [2.75, 3.05) is 26.9 Å². The molecule has 0 radical (unpaired) electrons. The van der Waals surface area contributed by atoms with Crippen molar-refractivity contribution in [2.45, 2.75) is 58.3 Å². The molecule has 1 aliphatic carbocycles. The Labute approximate surface area is 220 Å². The van der Waals surface area contributed by atoms with Crippen molar-refractivity contribution in [1.82, 2.24) is 10.1 Å². The first kappa shape index (κ1) is 27.1. The number of allylic oxidation sites excluding steroid dienone is 1. The highest BCUT2D eigenvalue weighted by Crippen LogP contribution is 2.46. The van der Waals surface area contributed by atoms with Gasteiger partial charge in [0.2, 0.25) is 5.60 Å². The largest absolute Gasteiger partial charge is 0.496 e. The van der Waals surface area contributed by atoms with Crippen LogP contribution in [0.4, 0.5) is 0 Å². The Hall–Kier alpha value is -2.95. The molecule has 0 N–H and O–H groups in total. The summed E-state index contributed by atoms with van der Waals surface area (Å²) in [6.45, 7) is 6.43. The topological polar surface area (TPSA) is 119 Å². The number of hydrogen-bond acceptors (Lipinski definition) is 10. The highest BCUT2D eigenvalue weighted by molar-refractivity contribution is 6.35. The van der Waals surface area contributed by atoms with Crippen molar-refractivity contribution >= 4 is 23.7 Å². The van der Waals surface area contributed by atoms with E-state index < -0.39 is 11.5 Å². The van der Waals surface area contributed by atoms with Crippen LogP contribution in [0.25, 0.3) is 11.5 Å². The highest BCUT2D eigenvalue weighted by atomic mass is 35.5. The van der Waals surface area contributed by atoms with Crippen molar-refractivity contribution in [1.29, 1.82) is 0 Å². The number of hydrogen-bond donors (Lipinski definition) is 0. The molecule has 4 rings (SSSR count). The minimum Gasteiger partial charge on any atom is -0.496 e. The van der Waals surface area contributed by atoms with Gasteiger partial charge in [-0.25, -0.2) is 0 Å². The maximum Gasteiger partial charge on any atom is 0.259 e. The summed E-state index contributed by atoms with van der Waals surface area (Å²) in [4.78, 5) is 29.0. The summed E-state index contributed by atoms with van der Waals surface area (Å²) in [6, 6.07) is 1.68. The van der Waals surface area contributed by atoms with E-state index in [0.29, 0.717) is 42.2 Å². The molecule has 10 nitrogen and oxygen atoms in total. The van der Waals surface area contributed by atoms with Gasteiger partial charge in [-0.2, -0.15) is 4.98 Å². The molecule has 37 heavy (non-hydrogen) atoms.